The highest BCUT2D eigenvalue weighted by Crippen LogP contribution is 2.26. The summed E-state index contributed by atoms with van der Waals surface area (Å²) in [5, 5.41) is 3.94. The predicted octanol–water partition coefficient (Wildman–Crippen LogP) is 3.69. The number of nitrogens with one attached hydrogen (secondary N) is 1. The first-order chi connectivity index (χ1) is 10.6. The number of ether oxygens (including phenoxy) is 2. The minimum Gasteiger partial charge on any atom is -0.489 e. The zero-order valence-corrected chi connectivity index (χ0v) is 13.6. The van der Waals surface area contributed by atoms with Crippen LogP contribution in [0, 0.1) is 0 Å². The number of hydrogen-bond acceptors (Lipinski definition) is 4. The summed E-state index contributed by atoms with van der Waals surface area (Å²) in [5.41, 5.74) is 1.11. The molecule has 1 heterocycles. The third-order valence-corrected chi connectivity index (χ3v) is 3.15. The van der Waals surface area contributed by atoms with Crippen molar-refractivity contribution in [2.45, 2.75) is 26.5 Å². The number of pyridine rings is 1. The Balaban J connectivity index is 1.72. The van der Waals surface area contributed by atoms with Gasteiger partial charge in [0, 0.05) is 25.4 Å². The van der Waals surface area contributed by atoms with Crippen molar-refractivity contribution in [2.24, 2.45) is 0 Å². The maximum Gasteiger partial charge on any atom is 0.213 e. The molecule has 5 heteroatoms. The molecule has 0 saturated heterocycles. The van der Waals surface area contributed by atoms with Gasteiger partial charge in [0.05, 0.1) is 11.1 Å². The van der Waals surface area contributed by atoms with Crippen molar-refractivity contribution in [1.82, 2.24) is 10.3 Å². The number of halogens is 1. The zero-order chi connectivity index (χ0) is 15.8. The maximum atomic E-state index is 6.21. The lowest BCUT2D eigenvalue weighted by atomic mass is 10.2. The molecular weight excluding hydrogens is 300 g/mol. The van der Waals surface area contributed by atoms with Crippen molar-refractivity contribution in [3.05, 3.63) is 53.2 Å². The number of hydrogen-bond donors (Lipinski definition) is 1. The van der Waals surface area contributed by atoms with Crippen LogP contribution < -0.4 is 14.8 Å². The molecule has 0 radical (unpaired) electrons. The molecule has 1 aromatic heterocycles. The predicted molar refractivity (Wildman–Crippen MR) is 88.7 cm³/mol. The van der Waals surface area contributed by atoms with E-state index in [0.717, 1.165) is 24.4 Å². The molecule has 0 aliphatic heterocycles. The van der Waals surface area contributed by atoms with E-state index in [1.54, 1.807) is 6.20 Å². The van der Waals surface area contributed by atoms with Crippen molar-refractivity contribution in [1.29, 1.82) is 0 Å². The van der Waals surface area contributed by atoms with Gasteiger partial charge in [-0.1, -0.05) is 23.7 Å². The molecule has 0 spiro atoms. The highest BCUT2D eigenvalue weighted by atomic mass is 35.5. The Labute approximate surface area is 136 Å². The zero-order valence-electron chi connectivity index (χ0n) is 12.9. The Morgan fingerprint density at radius 3 is 2.77 bits per heavy atom. The van der Waals surface area contributed by atoms with Crippen molar-refractivity contribution >= 4 is 11.6 Å². The molecule has 0 saturated carbocycles. The Morgan fingerprint density at radius 2 is 2.09 bits per heavy atom. The van der Waals surface area contributed by atoms with E-state index in [9.17, 15) is 0 Å². The van der Waals surface area contributed by atoms with Gasteiger partial charge in [-0.05, 0) is 37.6 Å². The van der Waals surface area contributed by atoms with E-state index in [2.05, 4.69) is 10.3 Å². The molecule has 1 aromatic carbocycles. The number of nitrogens with zero attached hydrogens (tertiary/aromatic N) is 1. The number of aromatic nitrogens is 1. The molecule has 0 unspecified atom stereocenters. The van der Waals surface area contributed by atoms with Crippen molar-refractivity contribution in [3.63, 3.8) is 0 Å². The second-order valence-corrected chi connectivity index (χ2v) is 5.53. The quantitative estimate of drug-likeness (QED) is 0.753. The van der Waals surface area contributed by atoms with Crippen LogP contribution in [0.4, 0.5) is 0 Å². The molecule has 0 amide bonds. The van der Waals surface area contributed by atoms with Gasteiger partial charge < -0.3 is 14.8 Å². The van der Waals surface area contributed by atoms with Crippen LogP contribution in [-0.2, 0) is 6.54 Å². The van der Waals surface area contributed by atoms with Crippen LogP contribution >= 0.6 is 11.6 Å². The normalized spacial score (nSPS) is 10.7. The van der Waals surface area contributed by atoms with Crippen molar-refractivity contribution < 1.29 is 9.47 Å². The van der Waals surface area contributed by atoms with Gasteiger partial charge >= 0.3 is 0 Å². The summed E-state index contributed by atoms with van der Waals surface area (Å²) in [4.78, 5) is 4.10. The molecular formula is C17H21ClN2O2. The molecule has 1 N–H and O–H groups in total. The van der Waals surface area contributed by atoms with Crippen LogP contribution in [0.5, 0.6) is 11.6 Å². The highest BCUT2D eigenvalue weighted by Gasteiger charge is 2.05. The third-order valence-electron chi connectivity index (χ3n) is 2.85. The summed E-state index contributed by atoms with van der Waals surface area (Å²) in [6.45, 7) is 5.99. The van der Waals surface area contributed by atoms with E-state index in [-0.39, 0.29) is 6.10 Å². The van der Waals surface area contributed by atoms with Gasteiger partial charge in [-0.2, -0.15) is 0 Å². The lowest BCUT2D eigenvalue weighted by Gasteiger charge is -2.12. The molecule has 2 aromatic rings. The molecule has 0 aliphatic carbocycles. The van der Waals surface area contributed by atoms with Gasteiger partial charge in [0.1, 0.15) is 12.4 Å². The van der Waals surface area contributed by atoms with Crippen LogP contribution in [0.3, 0.4) is 0 Å². The summed E-state index contributed by atoms with van der Waals surface area (Å²) >= 11 is 6.21. The highest BCUT2D eigenvalue weighted by molar-refractivity contribution is 6.32. The number of rotatable bonds is 8. The minimum absolute atomic E-state index is 0.116. The average molecular weight is 321 g/mol. The fourth-order valence-electron chi connectivity index (χ4n) is 1.90. The van der Waals surface area contributed by atoms with Crippen LogP contribution in [0.15, 0.2) is 42.6 Å². The van der Waals surface area contributed by atoms with Gasteiger partial charge in [0.2, 0.25) is 5.88 Å². The molecule has 2 rings (SSSR count). The standard InChI is InChI=1S/C17H21ClN2O2/c1-13(2)22-16-7-6-14(11-15(16)18)12-19-9-10-21-17-5-3-4-8-20-17/h3-8,11,13,19H,9-10,12H2,1-2H3. The van der Waals surface area contributed by atoms with Crippen LogP contribution in [-0.4, -0.2) is 24.2 Å². The maximum absolute atomic E-state index is 6.21. The Bertz CT molecular complexity index is 576. The second kappa shape index (κ2) is 8.61. The van der Waals surface area contributed by atoms with Gasteiger partial charge in [0.15, 0.2) is 0 Å². The second-order valence-electron chi connectivity index (χ2n) is 5.12. The summed E-state index contributed by atoms with van der Waals surface area (Å²) in [6.07, 6.45) is 1.83. The van der Waals surface area contributed by atoms with Crippen LogP contribution in [0.25, 0.3) is 0 Å². The largest absolute Gasteiger partial charge is 0.489 e. The van der Waals surface area contributed by atoms with Gasteiger partial charge in [-0.3, -0.25) is 0 Å². The fourth-order valence-corrected chi connectivity index (χ4v) is 2.14. The number of benzene rings is 1. The van der Waals surface area contributed by atoms with E-state index in [4.69, 9.17) is 21.1 Å². The molecule has 4 nitrogen and oxygen atoms in total. The SMILES string of the molecule is CC(C)Oc1ccc(CNCCOc2ccccn2)cc1Cl. The molecule has 22 heavy (non-hydrogen) atoms. The van der Waals surface area contributed by atoms with Crippen molar-refractivity contribution in [3.8, 4) is 11.6 Å². The molecule has 0 bridgehead atoms. The van der Waals surface area contributed by atoms with E-state index in [1.807, 2.05) is 50.2 Å². The van der Waals surface area contributed by atoms with E-state index < -0.39 is 0 Å². The lowest BCUT2D eigenvalue weighted by Crippen LogP contribution is -2.20. The van der Waals surface area contributed by atoms with E-state index >= 15 is 0 Å². The van der Waals surface area contributed by atoms with E-state index in [1.165, 1.54) is 0 Å². The summed E-state index contributed by atoms with van der Waals surface area (Å²) in [5.74, 6) is 1.36. The molecule has 0 fully saturated rings. The first-order valence-corrected chi connectivity index (χ1v) is 7.72. The first-order valence-electron chi connectivity index (χ1n) is 7.35. The topological polar surface area (TPSA) is 43.4 Å². The Kier molecular flexibility index (Phi) is 6.49. The molecule has 0 atom stereocenters. The average Bonchev–Trinajstić information content (AvgIpc) is 2.50. The molecule has 0 aliphatic rings. The van der Waals surface area contributed by atoms with Crippen LogP contribution in [0.2, 0.25) is 5.02 Å². The van der Waals surface area contributed by atoms with Gasteiger partial charge in [-0.15, -0.1) is 0 Å². The van der Waals surface area contributed by atoms with Gasteiger partial charge in [0.25, 0.3) is 0 Å². The smallest absolute Gasteiger partial charge is 0.213 e. The summed E-state index contributed by atoms with van der Waals surface area (Å²) < 4.78 is 11.1. The third kappa shape index (κ3) is 5.54. The van der Waals surface area contributed by atoms with Crippen LogP contribution in [0.1, 0.15) is 19.4 Å². The summed E-state index contributed by atoms with van der Waals surface area (Å²) in [7, 11) is 0. The van der Waals surface area contributed by atoms with E-state index in [0.29, 0.717) is 17.5 Å². The lowest BCUT2D eigenvalue weighted by molar-refractivity contribution is 0.242. The Hall–Kier alpha value is -1.78. The molecule has 118 valence electrons. The summed E-state index contributed by atoms with van der Waals surface area (Å²) in [6, 6.07) is 11.4. The Morgan fingerprint density at radius 1 is 1.23 bits per heavy atom. The van der Waals surface area contributed by atoms with Crippen molar-refractivity contribution in [2.75, 3.05) is 13.2 Å². The fraction of sp³-hybridized carbons (Fsp3) is 0.353. The minimum atomic E-state index is 0.116. The monoisotopic (exact) mass is 320 g/mol. The van der Waals surface area contributed by atoms with Gasteiger partial charge in [-0.25, -0.2) is 4.98 Å². The first kappa shape index (κ1) is 16.6.